The SMILES string of the molecule is O=C(O)CN1C(=O)C2C3CC(C4C(C=Cc5ccccc5)=NOC34)C2C1=O. The molecule has 1 aromatic rings. The predicted molar refractivity (Wildman–Crippen MR) is 94.2 cm³/mol. The van der Waals surface area contributed by atoms with Crippen molar-refractivity contribution in [3.8, 4) is 0 Å². The van der Waals surface area contributed by atoms with E-state index in [1.807, 2.05) is 42.5 Å². The van der Waals surface area contributed by atoms with Crippen LogP contribution in [0.2, 0.25) is 0 Å². The van der Waals surface area contributed by atoms with Gasteiger partial charge in [-0.3, -0.25) is 19.3 Å². The second-order valence-electron chi connectivity index (χ2n) is 7.63. The zero-order valence-electron chi connectivity index (χ0n) is 14.4. The monoisotopic (exact) mass is 366 g/mol. The fraction of sp³-hybridized carbons (Fsp3) is 0.400. The Kier molecular flexibility index (Phi) is 3.47. The molecule has 2 amide bonds. The number of hydrogen-bond acceptors (Lipinski definition) is 5. The largest absolute Gasteiger partial charge is 0.480 e. The number of hydrogen-bond donors (Lipinski definition) is 1. The molecular formula is C20H18N2O5. The highest BCUT2D eigenvalue weighted by molar-refractivity contribution is 6.09. The molecular weight excluding hydrogens is 348 g/mol. The van der Waals surface area contributed by atoms with Crippen molar-refractivity contribution >= 4 is 29.6 Å². The van der Waals surface area contributed by atoms with E-state index in [9.17, 15) is 14.4 Å². The molecule has 0 radical (unpaired) electrons. The molecule has 1 N–H and O–H groups in total. The molecule has 7 nitrogen and oxygen atoms in total. The van der Waals surface area contributed by atoms with E-state index in [1.54, 1.807) is 0 Å². The first-order chi connectivity index (χ1) is 13.1. The molecule has 2 saturated carbocycles. The van der Waals surface area contributed by atoms with Crippen LogP contribution in [-0.2, 0) is 19.2 Å². The Hall–Kier alpha value is -2.96. The molecule has 4 aliphatic rings. The maximum Gasteiger partial charge on any atom is 0.323 e. The van der Waals surface area contributed by atoms with E-state index in [1.165, 1.54) is 0 Å². The number of carboxylic acid groups (broad SMARTS) is 1. The molecule has 6 unspecified atom stereocenters. The van der Waals surface area contributed by atoms with Crippen LogP contribution >= 0.6 is 0 Å². The third-order valence-electron chi connectivity index (χ3n) is 6.35. The molecule has 2 aliphatic carbocycles. The number of nitrogens with zero attached hydrogens (tertiary/aromatic N) is 2. The van der Waals surface area contributed by atoms with Gasteiger partial charge in [0, 0.05) is 11.8 Å². The number of allylic oxidation sites excluding steroid dienone is 1. The van der Waals surface area contributed by atoms with Crippen LogP contribution in [0, 0.1) is 29.6 Å². The van der Waals surface area contributed by atoms with Gasteiger partial charge < -0.3 is 9.94 Å². The van der Waals surface area contributed by atoms with Crippen LogP contribution in [0.25, 0.3) is 6.08 Å². The number of carboxylic acids is 1. The zero-order valence-corrected chi connectivity index (χ0v) is 14.4. The quantitative estimate of drug-likeness (QED) is 0.813. The first kappa shape index (κ1) is 16.2. The smallest absolute Gasteiger partial charge is 0.323 e. The van der Waals surface area contributed by atoms with Gasteiger partial charge in [0.2, 0.25) is 11.8 Å². The van der Waals surface area contributed by atoms with Gasteiger partial charge in [-0.2, -0.15) is 0 Å². The summed E-state index contributed by atoms with van der Waals surface area (Å²) in [6.45, 7) is -0.560. The van der Waals surface area contributed by atoms with Crippen LogP contribution < -0.4 is 0 Å². The molecule has 2 heterocycles. The van der Waals surface area contributed by atoms with Crippen LogP contribution in [-0.4, -0.2) is 46.2 Å². The number of imide groups is 1. The second-order valence-corrected chi connectivity index (χ2v) is 7.63. The average molecular weight is 366 g/mol. The minimum atomic E-state index is -1.17. The van der Waals surface area contributed by atoms with Crippen molar-refractivity contribution in [2.75, 3.05) is 6.54 Å². The van der Waals surface area contributed by atoms with Crippen molar-refractivity contribution in [1.29, 1.82) is 0 Å². The lowest BCUT2D eigenvalue weighted by atomic mass is 9.72. The van der Waals surface area contributed by atoms with Crippen molar-refractivity contribution < 1.29 is 24.3 Å². The summed E-state index contributed by atoms with van der Waals surface area (Å²) < 4.78 is 0. The van der Waals surface area contributed by atoms with Crippen LogP contribution in [0.4, 0.5) is 0 Å². The number of rotatable bonds is 4. The molecule has 138 valence electrons. The van der Waals surface area contributed by atoms with Gasteiger partial charge in [-0.05, 0) is 24.0 Å². The van der Waals surface area contributed by atoms with E-state index in [4.69, 9.17) is 9.94 Å². The third-order valence-corrected chi connectivity index (χ3v) is 6.35. The van der Waals surface area contributed by atoms with Gasteiger partial charge in [-0.15, -0.1) is 0 Å². The summed E-state index contributed by atoms with van der Waals surface area (Å²) in [5.74, 6) is -2.91. The Morgan fingerprint density at radius 3 is 2.52 bits per heavy atom. The molecule has 6 atom stereocenters. The van der Waals surface area contributed by atoms with E-state index >= 15 is 0 Å². The van der Waals surface area contributed by atoms with Crippen molar-refractivity contribution in [3.63, 3.8) is 0 Å². The summed E-state index contributed by atoms with van der Waals surface area (Å²) >= 11 is 0. The van der Waals surface area contributed by atoms with Gasteiger partial charge in [-0.1, -0.05) is 41.6 Å². The van der Waals surface area contributed by atoms with Crippen LogP contribution in [0.5, 0.6) is 0 Å². The summed E-state index contributed by atoms with van der Waals surface area (Å²) in [7, 11) is 0. The molecule has 0 aromatic heterocycles. The molecule has 1 saturated heterocycles. The number of oxime groups is 1. The van der Waals surface area contributed by atoms with Gasteiger partial charge in [0.05, 0.1) is 17.5 Å². The van der Waals surface area contributed by atoms with E-state index < -0.39 is 24.3 Å². The first-order valence-corrected chi connectivity index (χ1v) is 9.10. The van der Waals surface area contributed by atoms with E-state index in [-0.39, 0.29) is 35.7 Å². The van der Waals surface area contributed by atoms with Crippen LogP contribution in [0.3, 0.4) is 0 Å². The fourth-order valence-electron chi connectivity index (χ4n) is 5.39. The van der Waals surface area contributed by atoms with Gasteiger partial charge >= 0.3 is 5.97 Å². The molecule has 3 fully saturated rings. The maximum absolute atomic E-state index is 12.7. The Bertz CT molecular complexity index is 893. The minimum Gasteiger partial charge on any atom is -0.480 e. The number of aliphatic carboxylic acids is 1. The predicted octanol–water partition coefficient (Wildman–Crippen LogP) is 1.41. The third kappa shape index (κ3) is 2.27. The van der Waals surface area contributed by atoms with Crippen LogP contribution in [0.1, 0.15) is 12.0 Å². The van der Waals surface area contributed by atoms with Crippen LogP contribution in [0.15, 0.2) is 41.6 Å². The molecule has 2 aliphatic heterocycles. The Morgan fingerprint density at radius 1 is 1.11 bits per heavy atom. The average Bonchev–Trinajstić information content (AvgIpc) is 3.38. The number of carbonyl (C=O) groups excluding carboxylic acids is 2. The van der Waals surface area contributed by atoms with Gasteiger partial charge in [-0.25, -0.2) is 0 Å². The molecule has 27 heavy (non-hydrogen) atoms. The highest BCUT2D eigenvalue weighted by Crippen LogP contribution is 2.61. The van der Waals surface area contributed by atoms with Gasteiger partial charge in [0.25, 0.3) is 0 Å². The molecule has 1 aromatic carbocycles. The van der Waals surface area contributed by atoms with Gasteiger partial charge in [0.15, 0.2) is 0 Å². The van der Waals surface area contributed by atoms with Crippen molar-refractivity contribution in [2.24, 2.45) is 34.7 Å². The van der Waals surface area contributed by atoms with Crippen molar-refractivity contribution in [3.05, 3.63) is 42.0 Å². The number of amides is 2. The summed E-state index contributed by atoms with van der Waals surface area (Å²) in [5, 5.41) is 13.2. The van der Waals surface area contributed by atoms with E-state index in [2.05, 4.69) is 5.16 Å². The zero-order chi connectivity index (χ0) is 18.7. The second kappa shape index (κ2) is 5.77. The summed E-state index contributed by atoms with van der Waals surface area (Å²) in [5.41, 5.74) is 1.84. The lowest BCUT2D eigenvalue weighted by molar-refractivity contribution is -0.150. The van der Waals surface area contributed by atoms with Crippen molar-refractivity contribution in [1.82, 2.24) is 4.90 Å². The highest BCUT2D eigenvalue weighted by atomic mass is 16.6. The fourth-order valence-corrected chi connectivity index (χ4v) is 5.39. The summed E-state index contributed by atoms with van der Waals surface area (Å²) in [4.78, 5) is 43.0. The molecule has 2 bridgehead atoms. The Balaban J connectivity index is 1.40. The van der Waals surface area contributed by atoms with E-state index in [0.717, 1.165) is 22.6 Å². The topological polar surface area (TPSA) is 96.3 Å². The lowest BCUT2D eigenvalue weighted by Gasteiger charge is -2.29. The number of benzene rings is 1. The van der Waals surface area contributed by atoms with E-state index in [0.29, 0.717) is 0 Å². The lowest BCUT2D eigenvalue weighted by Crippen LogP contribution is -2.40. The normalized spacial score (nSPS) is 36.1. The maximum atomic E-state index is 12.7. The van der Waals surface area contributed by atoms with Gasteiger partial charge in [0.1, 0.15) is 12.6 Å². The van der Waals surface area contributed by atoms with Crippen molar-refractivity contribution in [2.45, 2.75) is 12.5 Å². The molecule has 0 spiro atoms. The number of likely N-dealkylation sites (tertiary alicyclic amines) is 1. The standard InChI is InChI=1S/C20H18N2O5/c23-14(24)9-22-19(25)16-11-8-12(17(16)20(22)26)18-15(11)13(21-27-18)7-6-10-4-2-1-3-5-10/h1-7,11-12,15-18H,8-9H2,(H,23,24). The Morgan fingerprint density at radius 2 is 1.81 bits per heavy atom. The molecule has 5 rings (SSSR count). The summed E-state index contributed by atoms with van der Waals surface area (Å²) in [6.07, 6.45) is 4.44. The minimum absolute atomic E-state index is 0.0160. The number of fused-ring (bicyclic) bond motifs is 8. The highest BCUT2D eigenvalue weighted by Gasteiger charge is 2.70. The number of carbonyl (C=O) groups is 3. The summed E-state index contributed by atoms with van der Waals surface area (Å²) in [6, 6.07) is 9.84. The Labute approximate surface area is 155 Å². The first-order valence-electron chi connectivity index (χ1n) is 9.10. The molecule has 7 heteroatoms.